The van der Waals surface area contributed by atoms with Gasteiger partial charge in [-0.15, -0.1) is 0 Å². The minimum atomic E-state index is -0.580. The molecule has 0 bridgehead atoms. The van der Waals surface area contributed by atoms with Crippen LogP contribution in [0.5, 0.6) is 0 Å². The van der Waals surface area contributed by atoms with Crippen molar-refractivity contribution in [1.29, 1.82) is 0 Å². The van der Waals surface area contributed by atoms with Crippen molar-refractivity contribution in [2.75, 3.05) is 66.5 Å². The highest BCUT2D eigenvalue weighted by Gasteiger charge is 2.39. The van der Waals surface area contributed by atoms with Crippen LogP contribution in [0.3, 0.4) is 0 Å². The standard InChI is InChI=1S/C24H45N5O3/c1-19(29(23(31)32-24(2,3)4)21-9-13-26(6)14-10-21)22(30)28-17-15-27(16-18-28)20-7-11-25(5)12-8-20/h19-21H,7-18H2,1-6H3/t19-/m1/s1. The summed E-state index contributed by atoms with van der Waals surface area (Å²) in [6.45, 7) is 15.0. The minimum Gasteiger partial charge on any atom is -0.444 e. The second-order valence-electron chi connectivity index (χ2n) is 11.0. The Bertz CT molecular complexity index is 628. The van der Waals surface area contributed by atoms with Crippen LogP contribution in [0.15, 0.2) is 0 Å². The summed E-state index contributed by atoms with van der Waals surface area (Å²) >= 11 is 0. The van der Waals surface area contributed by atoms with Crippen LogP contribution < -0.4 is 0 Å². The number of piperazine rings is 1. The largest absolute Gasteiger partial charge is 0.444 e. The van der Waals surface area contributed by atoms with Crippen LogP contribution in [0.25, 0.3) is 0 Å². The summed E-state index contributed by atoms with van der Waals surface area (Å²) in [5.74, 6) is 0.0535. The first-order valence-electron chi connectivity index (χ1n) is 12.5. The molecule has 3 heterocycles. The van der Waals surface area contributed by atoms with Gasteiger partial charge < -0.3 is 19.4 Å². The fourth-order valence-corrected chi connectivity index (χ4v) is 5.26. The molecule has 1 atom stereocenters. The molecule has 184 valence electrons. The lowest BCUT2D eigenvalue weighted by Gasteiger charge is -2.44. The van der Waals surface area contributed by atoms with E-state index in [4.69, 9.17) is 4.74 Å². The topological polar surface area (TPSA) is 59.6 Å². The van der Waals surface area contributed by atoms with Gasteiger partial charge in [0.2, 0.25) is 5.91 Å². The van der Waals surface area contributed by atoms with Crippen LogP contribution in [0.2, 0.25) is 0 Å². The monoisotopic (exact) mass is 451 g/mol. The smallest absolute Gasteiger partial charge is 0.411 e. The summed E-state index contributed by atoms with van der Waals surface area (Å²) in [6, 6.07) is 0.173. The normalized spacial score (nSPS) is 24.4. The maximum Gasteiger partial charge on any atom is 0.411 e. The van der Waals surface area contributed by atoms with Gasteiger partial charge in [0.15, 0.2) is 0 Å². The van der Waals surface area contributed by atoms with Crippen LogP contribution in [-0.2, 0) is 9.53 Å². The first-order valence-corrected chi connectivity index (χ1v) is 12.5. The zero-order valence-electron chi connectivity index (χ0n) is 21.2. The van der Waals surface area contributed by atoms with E-state index < -0.39 is 11.6 Å². The Morgan fingerprint density at radius 3 is 1.84 bits per heavy atom. The maximum absolute atomic E-state index is 13.5. The SMILES string of the molecule is C[C@H](C(=O)N1CCN(C2CCN(C)CC2)CC1)N(C(=O)OC(C)(C)C)C1CCN(C)CC1. The third kappa shape index (κ3) is 6.58. The second kappa shape index (κ2) is 10.7. The van der Waals surface area contributed by atoms with Crippen molar-refractivity contribution in [3.8, 4) is 0 Å². The number of amides is 2. The summed E-state index contributed by atoms with van der Waals surface area (Å²) in [5, 5.41) is 0. The Hall–Kier alpha value is -1.38. The zero-order valence-corrected chi connectivity index (χ0v) is 21.2. The van der Waals surface area contributed by atoms with Gasteiger partial charge in [-0.05, 0) is 93.7 Å². The molecular formula is C24H45N5O3. The van der Waals surface area contributed by atoms with Gasteiger partial charge in [-0.3, -0.25) is 14.6 Å². The van der Waals surface area contributed by atoms with Crippen molar-refractivity contribution < 1.29 is 14.3 Å². The highest BCUT2D eigenvalue weighted by molar-refractivity contribution is 5.85. The van der Waals surface area contributed by atoms with Gasteiger partial charge in [-0.1, -0.05) is 0 Å². The number of ether oxygens (including phenoxy) is 1. The number of nitrogens with zero attached hydrogens (tertiary/aromatic N) is 5. The van der Waals surface area contributed by atoms with E-state index >= 15 is 0 Å². The summed E-state index contributed by atoms with van der Waals surface area (Å²) in [7, 11) is 4.29. The molecule has 0 saturated carbocycles. The first kappa shape index (κ1) is 25.2. The molecule has 0 unspecified atom stereocenters. The number of likely N-dealkylation sites (tertiary alicyclic amines) is 2. The lowest BCUT2D eigenvalue weighted by molar-refractivity contribution is -0.139. The molecule has 3 aliphatic heterocycles. The van der Waals surface area contributed by atoms with Gasteiger partial charge in [0.1, 0.15) is 11.6 Å². The summed E-state index contributed by atoms with van der Waals surface area (Å²) < 4.78 is 5.73. The number of rotatable bonds is 4. The van der Waals surface area contributed by atoms with E-state index in [1.807, 2.05) is 32.6 Å². The van der Waals surface area contributed by atoms with Gasteiger partial charge in [0, 0.05) is 38.3 Å². The van der Waals surface area contributed by atoms with Crippen molar-refractivity contribution in [3.05, 3.63) is 0 Å². The average molecular weight is 452 g/mol. The Balaban J connectivity index is 1.61. The molecule has 3 fully saturated rings. The van der Waals surface area contributed by atoms with Gasteiger partial charge in [0.25, 0.3) is 0 Å². The molecule has 0 aromatic rings. The lowest BCUT2D eigenvalue weighted by atomic mass is 10.0. The number of piperidine rings is 2. The molecule has 0 aromatic heterocycles. The molecule has 3 saturated heterocycles. The van der Waals surface area contributed by atoms with Crippen molar-refractivity contribution in [1.82, 2.24) is 24.5 Å². The number of carbonyl (C=O) groups is 2. The predicted octanol–water partition coefficient (Wildman–Crippen LogP) is 1.94. The summed E-state index contributed by atoms with van der Waals surface area (Å²) in [6.07, 6.45) is 3.80. The van der Waals surface area contributed by atoms with Crippen molar-refractivity contribution in [3.63, 3.8) is 0 Å². The van der Waals surface area contributed by atoms with Crippen molar-refractivity contribution in [2.45, 2.75) is 77.1 Å². The molecule has 0 aromatic carbocycles. The van der Waals surface area contributed by atoms with Crippen LogP contribution in [0.4, 0.5) is 4.79 Å². The fraction of sp³-hybridized carbons (Fsp3) is 0.917. The third-order valence-corrected chi connectivity index (χ3v) is 7.29. The zero-order chi connectivity index (χ0) is 23.5. The quantitative estimate of drug-likeness (QED) is 0.651. The molecule has 0 radical (unpaired) electrons. The van der Waals surface area contributed by atoms with Gasteiger partial charge in [0.05, 0.1) is 0 Å². The number of carbonyl (C=O) groups excluding carboxylic acids is 2. The Morgan fingerprint density at radius 2 is 1.34 bits per heavy atom. The van der Waals surface area contributed by atoms with Crippen LogP contribution in [-0.4, -0.2) is 127 Å². The Kier molecular flexibility index (Phi) is 8.44. The summed E-state index contributed by atoms with van der Waals surface area (Å²) in [4.78, 5) is 37.6. The van der Waals surface area contributed by atoms with E-state index in [9.17, 15) is 9.59 Å². The molecule has 0 aliphatic carbocycles. The van der Waals surface area contributed by atoms with Gasteiger partial charge in [-0.2, -0.15) is 0 Å². The van der Waals surface area contributed by atoms with Crippen LogP contribution in [0.1, 0.15) is 53.4 Å². The molecule has 2 amide bonds. The van der Waals surface area contributed by atoms with Crippen LogP contribution in [0, 0.1) is 0 Å². The second-order valence-corrected chi connectivity index (χ2v) is 11.0. The summed E-state index contributed by atoms with van der Waals surface area (Å²) in [5.41, 5.74) is -0.580. The lowest BCUT2D eigenvalue weighted by Crippen LogP contribution is -2.60. The fourth-order valence-electron chi connectivity index (χ4n) is 5.26. The highest BCUT2D eigenvalue weighted by Crippen LogP contribution is 2.24. The molecule has 0 N–H and O–H groups in total. The predicted molar refractivity (Wildman–Crippen MR) is 127 cm³/mol. The molecule has 0 spiro atoms. The molecule has 8 heteroatoms. The Labute approximate surface area is 194 Å². The van der Waals surface area contributed by atoms with Gasteiger partial charge in [-0.25, -0.2) is 4.79 Å². The average Bonchev–Trinajstić information content (AvgIpc) is 2.74. The molecular weight excluding hydrogens is 406 g/mol. The van der Waals surface area contributed by atoms with Crippen LogP contribution >= 0.6 is 0 Å². The van der Waals surface area contributed by atoms with E-state index in [0.717, 1.165) is 65.2 Å². The van der Waals surface area contributed by atoms with E-state index in [0.29, 0.717) is 6.04 Å². The van der Waals surface area contributed by atoms with E-state index in [1.165, 1.54) is 12.8 Å². The maximum atomic E-state index is 13.5. The molecule has 32 heavy (non-hydrogen) atoms. The van der Waals surface area contributed by atoms with Crippen molar-refractivity contribution in [2.24, 2.45) is 0 Å². The van der Waals surface area contributed by atoms with Gasteiger partial charge >= 0.3 is 6.09 Å². The molecule has 3 rings (SSSR count). The first-order chi connectivity index (χ1) is 15.0. The van der Waals surface area contributed by atoms with E-state index in [-0.39, 0.29) is 18.0 Å². The van der Waals surface area contributed by atoms with E-state index in [1.54, 1.807) is 4.90 Å². The third-order valence-electron chi connectivity index (χ3n) is 7.29. The number of hydrogen-bond donors (Lipinski definition) is 0. The molecule has 8 nitrogen and oxygen atoms in total. The van der Waals surface area contributed by atoms with Crippen molar-refractivity contribution >= 4 is 12.0 Å². The van der Waals surface area contributed by atoms with E-state index in [2.05, 4.69) is 28.8 Å². The minimum absolute atomic E-state index is 0.0421. The highest BCUT2D eigenvalue weighted by atomic mass is 16.6. The Morgan fingerprint density at radius 1 is 0.844 bits per heavy atom. The number of hydrogen-bond acceptors (Lipinski definition) is 6. The molecule has 3 aliphatic rings.